The normalized spacial score (nSPS) is 34.5. The summed E-state index contributed by atoms with van der Waals surface area (Å²) < 4.78 is 0. The van der Waals surface area contributed by atoms with E-state index in [0.717, 1.165) is 52.4 Å². The van der Waals surface area contributed by atoms with Gasteiger partial charge in [-0.15, -0.1) is 0 Å². The van der Waals surface area contributed by atoms with Gasteiger partial charge in [-0.2, -0.15) is 0 Å². The quantitative estimate of drug-likeness (QED) is 0.830. The molecule has 0 radical (unpaired) electrons. The van der Waals surface area contributed by atoms with Crippen molar-refractivity contribution in [3.63, 3.8) is 0 Å². The van der Waals surface area contributed by atoms with Crippen LogP contribution in [-0.2, 0) is 5.41 Å². The molecule has 3 atom stereocenters. The van der Waals surface area contributed by atoms with E-state index in [1.165, 1.54) is 5.56 Å². The summed E-state index contributed by atoms with van der Waals surface area (Å²) in [6.45, 7) is 8.18. The van der Waals surface area contributed by atoms with E-state index in [1.807, 2.05) is 26.0 Å². The largest absolute Gasteiger partial charge is 0.334 e. The Hall–Kier alpha value is -1.63. The first kappa shape index (κ1) is 18.7. The van der Waals surface area contributed by atoms with E-state index in [9.17, 15) is 4.79 Å². The van der Waals surface area contributed by atoms with E-state index in [0.29, 0.717) is 5.92 Å². The highest BCUT2D eigenvalue weighted by molar-refractivity contribution is 5.74. The van der Waals surface area contributed by atoms with Crippen LogP contribution < -0.4 is 5.32 Å². The second-order valence-electron chi connectivity index (χ2n) is 8.90. The Kier molecular flexibility index (Phi) is 5.14. The van der Waals surface area contributed by atoms with Crippen molar-refractivity contribution < 1.29 is 4.79 Å². The second kappa shape index (κ2) is 7.41. The standard InChI is InChI=1S/C21H33N5O/c1-23(2)9-10-24(3)20(27)22-19-17-13-25-11-12-26(14-17)16-21(19,15-25)18-7-5-4-6-8-18/h4-8,17,19H,9-16H2,1-3H3,(H,22,27)/t17?,19-,21?/m1/s1. The van der Waals surface area contributed by atoms with Gasteiger partial charge in [0.15, 0.2) is 0 Å². The molecule has 2 amide bonds. The van der Waals surface area contributed by atoms with Gasteiger partial charge in [-0.25, -0.2) is 4.79 Å². The highest BCUT2D eigenvalue weighted by Crippen LogP contribution is 2.43. The molecule has 4 aliphatic rings. The monoisotopic (exact) mass is 371 g/mol. The Balaban J connectivity index is 1.59. The zero-order chi connectivity index (χ0) is 19.0. The number of piperidine rings is 2. The number of rotatable bonds is 5. The van der Waals surface area contributed by atoms with Gasteiger partial charge in [0.05, 0.1) is 0 Å². The van der Waals surface area contributed by atoms with Crippen LogP contribution in [0.5, 0.6) is 0 Å². The summed E-state index contributed by atoms with van der Waals surface area (Å²) in [4.78, 5) is 22.2. The third-order valence-electron chi connectivity index (χ3n) is 6.65. The Morgan fingerprint density at radius 3 is 2.30 bits per heavy atom. The van der Waals surface area contributed by atoms with Crippen LogP contribution >= 0.6 is 0 Å². The molecule has 5 rings (SSSR count). The van der Waals surface area contributed by atoms with Crippen molar-refractivity contribution in [1.82, 2.24) is 24.9 Å². The molecule has 4 heterocycles. The third-order valence-corrected chi connectivity index (χ3v) is 6.65. The minimum absolute atomic E-state index is 0.0169. The molecule has 0 spiro atoms. The molecule has 4 saturated heterocycles. The number of fused-ring (bicyclic) bond motifs is 1. The molecule has 148 valence electrons. The molecule has 0 saturated carbocycles. The Bertz CT molecular complexity index is 648. The maximum absolute atomic E-state index is 13.0. The van der Waals surface area contributed by atoms with Gasteiger partial charge < -0.3 is 24.9 Å². The van der Waals surface area contributed by atoms with E-state index in [2.05, 4.69) is 50.3 Å². The van der Waals surface area contributed by atoms with Crippen molar-refractivity contribution in [3.05, 3.63) is 35.9 Å². The van der Waals surface area contributed by atoms with Gasteiger partial charge in [0.1, 0.15) is 0 Å². The third kappa shape index (κ3) is 3.58. The van der Waals surface area contributed by atoms with Crippen LogP contribution in [0.15, 0.2) is 30.3 Å². The summed E-state index contributed by atoms with van der Waals surface area (Å²) in [5.41, 5.74) is 1.35. The molecule has 1 aromatic rings. The SMILES string of the molecule is CN(C)CCN(C)C(=O)N[C@@H]1C2CN3CCN(C2)CC1(c1ccccc1)C3. The molecule has 0 aromatic heterocycles. The number of nitrogens with zero attached hydrogens (tertiary/aromatic N) is 4. The molecule has 27 heavy (non-hydrogen) atoms. The number of urea groups is 1. The fourth-order valence-corrected chi connectivity index (χ4v) is 5.26. The lowest BCUT2D eigenvalue weighted by atomic mass is 9.64. The van der Waals surface area contributed by atoms with Crippen LogP contribution in [-0.4, -0.2) is 105 Å². The molecule has 1 N–H and O–H groups in total. The van der Waals surface area contributed by atoms with Crippen molar-refractivity contribution in [3.8, 4) is 0 Å². The van der Waals surface area contributed by atoms with Crippen molar-refractivity contribution in [2.24, 2.45) is 5.92 Å². The molecular formula is C21H33N5O. The molecular weight excluding hydrogens is 338 g/mol. The zero-order valence-corrected chi connectivity index (χ0v) is 16.9. The molecule has 4 fully saturated rings. The van der Waals surface area contributed by atoms with Gasteiger partial charge in [0.25, 0.3) is 0 Å². The zero-order valence-electron chi connectivity index (χ0n) is 16.9. The highest BCUT2D eigenvalue weighted by atomic mass is 16.2. The van der Waals surface area contributed by atoms with Gasteiger partial charge in [-0.3, -0.25) is 0 Å². The smallest absolute Gasteiger partial charge is 0.317 e. The summed E-state index contributed by atoms with van der Waals surface area (Å²) >= 11 is 0. The van der Waals surface area contributed by atoms with Gasteiger partial charge in [0.2, 0.25) is 0 Å². The number of hydrogen-bond donors (Lipinski definition) is 1. The number of carbonyl (C=O) groups excluding carboxylic acids is 1. The van der Waals surface area contributed by atoms with Crippen LogP contribution in [0.3, 0.4) is 0 Å². The van der Waals surface area contributed by atoms with Gasteiger partial charge in [-0.1, -0.05) is 30.3 Å². The van der Waals surface area contributed by atoms with Gasteiger partial charge >= 0.3 is 6.03 Å². The minimum Gasteiger partial charge on any atom is -0.334 e. The molecule has 6 heteroatoms. The van der Waals surface area contributed by atoms with E-state index in [4.69, 9.17) is 0 Å². The molecule has 4 bridgehead atoms. The van der Waals surface area contributed by atoms with Crippen LogP contribution in [0.1, 0.15) is 5.56 Å². The van der Waals surface area contributed by atoms with E-state index >= 15 is 0 Å². The Labute approximate surface area is 163 Å². The first-order valence-corrected chi connectivity index (χ1v) is 10.1. The van der Waals surface area contributed by atoms with Crippen LogP contribution in [0.25, 0.3) is 0 Å². The summed E-state index contributed by atoms with van der Waals surface area (Å²) in [6.07, 6.45) is 0. The van der Waals surface area contributed by atoms with Gasteiger partial charge in [-0.05, 0) is 19.7 Å². The molecule has 6 nitrogen and oxygen atoms in total. The lowest BCUT2D eigenvalue weighted by Gasteiger charge is -2.56. The number of hydrogen-bond acceptors (Lipinski definition) is 4. The lowest BCUT2D eigenvalue weighted by molar-refractivity contribution is 0.0211. The van der Waals surface area contributed by atoms with Crippen molar-refractivity contribution in [2.75, 3.05) is 73.5 Å². The summed E-state index contributed by atoms with van der Waals surface area (Å²) in [6, 6.07) is 11.1. The fourth-order valence-electron chi connectivity index (χ4n) is 5.26. The lowest BCUT2D eigenvalue weighted by Crippen LogP contribution is -2.71. The number of amides is 2. The average molecular weight is 372 g/mol. The Morgan fingerprint density at radius 1 is 1.07 bits per heavy atom. The summed E-state index contributed by atoms with van der Waals surface area (Å²) in [5.74, 6) is 0.487. The first-order chi connectivity index (χ1) is 13.0. The van der Waals surface area contributed by atoms with E-state index in [1.54, 1.807) is 0 Å². The predicted molar refractivity (Wildman–Crippen MR) is 108 cm³/mol. The number of carbonyl (C=O) groups is 1. The number of likely N-dealkylation sites (N-methyl/N-ethyl adjacent to an activating group) is 2. The van der Waals surface area contributed by atoms with Crippen LogP contribution in [0.2, 0.25) is 0 Å². The predicted octanol–water partition coefficient (Wildman–Crippen LogP) is 0.757. The first-order valence-electron chi connectivity index (χ1n) is 10.1. The van der Waals surface area contributed by atoms with Crippen molar-refractivity contribution in [2.45, 2.75) is 11.5 Å². The second-order valence-corrected chi connectivity index (χ2v) is 8.90. The van der Waals surface area contributed by atoms with Crippen molar-refractivity contribution >= 4 is 6.03 Å². The summed E-state index contributed by atoms with van der Waals surface area (Å²) in [7, 11) is 5.99. The van der Waals surface area contributed by atoms with Crippen LogP contribution in [0, 0.1) is 5.92 Å². The van der Waals surface area contributed by atoms with Crippen molar-refractivity contribution in [1.29, 1.82) is 0 Å². The average Bonchev–Trinajstić information content (AvgIpc) is 2.91. The molecule has 2 unspecified atom stereocenters. The molecule has 4 aliphatic heterocycles. The van der Waals surface area contributed by atoms with E-state index < -0.39 is 0 Å². The maximum atomic E-state index is 13.0. The van der Waals surface area contributed by atoms with E-state index in [-0.39, 0.29) is 17.5 Å². The highest BCUT2D eigenvalue weighted by Gasteiger charge is 2.55. The topological polar surface area (TPSA) is 42.1 Å². The molecule has 1 aromatic carbocycles. The minimum atomic E-state index is -0.0169. The maximum Gasteiger partial charge on any atom is 0.317 e. The fraction of sp³-hybridized carbons (Fsp3) is 0.667. The summed E-state index contributed by atoms with van der Waals surface area (Å²) in [5, 5.41) is 3.47. The van der Waals surface area contributed by atoms with Gasteiger partial charge in [0, 0.05) is 76.8 Å². The number of benzene rings is 1. The van der Waals surface area contributed by atoms with Crippen LogP contribution in [0.4, 0.5) is 4.79 Å². The Morgan fingerprint density at radius 2 is 1.70 bits per heavy atom. The molecule has 0 aliphatic carbocycles. The number of nitrogens with one attached hydrogen (secondary N) is 1.